The largest absolute Gasteiger partial charge is 0.382 e. The van der Waals surface area contributed by atoms with Crippen LogP contribution in [-0.4, -0.2) is 17.0 Å². The quantitative estimate of drug-likeness (QED) is 0.646. The molecule has 104 valence electrons. The zero-order valence-corrected chi connectivity index (χ0v) is 11.3. The summed E-state index contributed by atoms with van der Waals surface area (Å²) in [6, 6.07) is 5.97. The maximum atomic E-state index is 11.0. The first kappa shape index (κ1) is 13.8. The standard InChI is InChI=1S/C14H21N3O2/c1-2-10-6-7-13(9-14(10)17(18)19)16-12-5-3-4-11(15)8-12/h6-7,9,11-12,16H,2-5,8,15H2,1H3. The minimum atomic E-state index is -0.309. The van der Waals surface area contributed by atoms with Gasteiger partial charge in [0.25, 0.3) is 5.69 Å². The second-order valence-electron chi connectivity index (χ2n) is 5.22. The van der Waals surface area contributed by atoms with Gasteiger partial charge in [0.15, 0.2) is 0 Å². The van der Waals surface area contributed by atoms with E-state index in [0.29, 0.717) is 12.5 Å². The van der Waals surface area contributed by atoms with Gasteiger partial charge in [-0.2, -0.15) is 0 Å². The predicted molar refractivity (Wildman–Crippen MR) is 76.3 cm³/mol. The molecule has 1 aliphatic rings. The highest BCUT2D eigenvalue weighted by Gasteiger charge is 2.20. The average Bonchev–Trinajstić information content (AvgIpc) is 2.38. The smallest absolute Gasteiger partial charge is 0.274 e. The van der Waals surface area contributed by atoms with Crippen molar-refractivity contribution >= 4 is 11.4 Å². The van der Waals surface area contributed by atoms with Crippen molar-refractivity contribution < 1.29 is 4.92 Å². The molecule has 3 N–H and O–H groups in total. The van der Waals surface area contributed by atoms with Crippen molar-refractivity contribution in [2.24, 2.45) is 5.73 Å². The maximum Gasteiger partial charge on any atom is 0.274 e. The zero-order valence-electron chi connectivity index (χ0n) is 11.3. The fourth-order valence-electron chi connectivity index (χ4n) is 2.72. The van der Waals surface area contributed by atoms with Crippen LogP contribution in [0.4, 0.5) is 11.4 Å². The second kappa shape index (κ2) is 6.02. The van der Waals surface area contributed by atoms with Crippen molar-refractivity contribution in [3.05, 3.63) is 33.9 Å². The molecule has 5 nitrogen and oxygen atoms in total. The van der Waals surface area contributed by atoms with Crippen LogP contribution < -0.4 is 11.1 Å². The van der Waals surface area contributed by atoms with Gasteiger partial charge in [-0.3, -0.25) is 10.1 Å². The van der Waals surface area contributed by atoms with E-state index in [1.807, 2.05) is 19.1 Å². The summed E-state index contributed by atoms with van der Waals surface area (Å²) in [5, 5.41) is 14.4. The van der Waals surface area contributed by atoms with Crippen LogP contribution in [0.1, 0.15) is 38.2 Å². The maximum absolute atomic E-state index is 11.0. The summed E-state index contributed by atoms with van der Waals surface area (Å²) in [4.78, 5) is 10.7. The van der Waals surface area contributed by atoms with E-state index in [0.717, 1.165) is 36.9 Å². The van der Waals surface area contributed by atoms with Crippen LogP contribution in [0.3, 0.4) is 0 Å². The monoisotopic (exact) mass is 263 g/mol. The molecule has 19 heavy (non-hydrogen) atoms. The third-order valence-corrected chi connectivity index (χ3v) is 3.75. The number of hydrogen-bond donors (Lipinski definition) is 2. The van der Waals surface area contributed by atoms with Crippen LogP contribution in [0.2, 0.25) is 0 Å². The zero-order chi connectivity index (χ0) is 13.8. The number of nitro groups is 1. The Morgan fingerprint density at radius 1 is 1.47 bits per heavy atom. The molecule has 0 aromatic heterocycles. The highest BCUT2D eigenvalue weighted by Crippen LogP contribution is 2.26. The van der Waals surface area contributed by atoms with E-state index in [1.54, 1.807) is 6.07 Å². The number of nitrogens with zero attached hydrogens (tertiary/aromatic N) is 1. The van der Waals surface area contributed by atoms with Gasteiger partial charge in [0.2, 0.25) is 0 Å². The Balaban J connectivity index is 2.12. The van der Waals surface area contributed by atoms with Crippen molar-refractivity contribution in [3.63, 3.8) is 0 Å². The van der Waals surface area contributed by atoms with Crippen LogP contribution >= 0.6 is 0 Å². The third-order valence-electron chi connectivity index (χ3n) is 3.75. The molecule has 2 unspecified atom stereocenters. The summed E-state index contributed by atoms with van der Waals surface area (Å²) >= 11 is 0. The lowest BCUT2D eigenvalue weighted by Gasteiger charge is -2.28. The average molecular weight is 263 g/mol. The van der Waals surface area contributed by atoms with E-state index >= 15 is 0 Å². The Labute approximate surface area is 113 Å². The minimum Gasteiger partial charge on any atom is -0.382 e. The highest BCUT2D eigenvalue weighted by atomic mass is 16.6. The van der Waals surface area contributed by atoms with E-state index in [2.05, 4.69) is 5.32 Å². The van der Waals surface area contributed by atoms with Crippen LogP contribution in [0.25, 0.3) is 0 Å². The van der Waals surface area contributed by atoms with Gasteiger partial charge in [0, 0.05) is 29.4 Å². The number of nitro benzene ring substituents is 1. The number of nitrogens with two attached hydrogens (primary N) is 1. The van der Waals surface area contributed by atoms with Crippen molar-refractivity contribution in [1.82, 2.24) is 0 Å². The lowest BCUT2D eigenvalue weighted by Crippen LogP contribution is -2.34. The molecule has 1 saturated carbocycles. The summed E-state index contributed by atoms with van der Waals surface area (Å²) in [7, 11) is 0. The van der Waals surface area contributed by atoms with Gasteiger partial charge in [0.05, 0.1) is 4.92 Å². The summed E-state index contributed by atoms with van der Waals surface area (Å²) in [6.45, 7) is 1.93. The van der Waals surface area contributed by atoms with Gasteiger partial charge < -0.3 is 11.1 Å². The number of nitrogens with one attached hydrogen (secondary N) is 1. The summed E-state index contributed by atoms with van der Waals surface area (Å²) in [5.74, 6) is 0. The lowest BCUT2D eigenvalue weighted by molar-refractivity contribution is -0.385. The van der Waals surface area contributed by atoms with Crippen LogP contribution in [0, 0.1) is 10.1 Å². The number of aryl methyl sites for hydroxylation is 1. The SMILES string of the molecule is CCc1ccc(NC2CCCC(N)C2)cc1[N+](=O)[O-]. The van der Waals surface area contributed by atoms with Crippen molar-refractivity contribution in [2.75, 3.05) is 5.32 Å². The van der Waals surface area contributed by atoms with Gasteiger partial charge in [-0.1, -0.05) is 13.0 Å². The molecule has 0 saturated heterocycles. The molecule has 0 aliphatic heterocycles. The van der Waals surface area contributed by atoms with E-state index in [-0.39, 0.29) is 16.7 Å². The molecule has 1 aromatic rings. The van der Waals surface area contributed by atoms with Gasteiger partial charge in [-0.15, -0.1) is 0 Å². The van der Waals surface area contributed by atoms with Crippen LogP contribution in [0.5, 0.6) is 0 Å². The fraction of sp³-hybridized carbons (Fsp3) is 0.571. The molecule has 2 rings (SSSR count). The number of anilines is 1. The molecule has 0 amide bonds. The molecule has 1 aliphatic carbocycles. The van der Waals surface area contributed by atoms with Crippen molar-refractivity contribution in [2.45, 2.75) is 51.1 Å². The molecular weight excluding hydrogens is 242 g/mol. The Morgan fingerprint density at radius 2 is 2.26 bits per heavy atom. The minimum absolute atomic E-state index is 0.201. The number of hydrogen-bond acceptors (Lipinski definition) is 4. The Hall–Kier alpha value is -1.62. The highest BCUT2D eigenvalue weighted by molar-refractivity contribution is 5.55. The molecule has 2 atom stereocenters. The third kappa shape index (κ3) is 3.44. The van der Waals surface area contributed by atoms with Crippen LogP contribution in [0.15, 0.2) is 18.2 Å². The van der Waals surface area contributed by atoms with Gasteiger partial charge in [-0.05, 0) is 38.2 Å². The second-order valence-corrected chi connectivity index (χ2v) is 5.22. The van der Waals surface area contributed by atoms with Crippen molar-refractivity contribution in [1.29, 1.82) is 0 Å². The topological polar surface area (TPSA) is 81.2 Å². The van der Waals surface area contributed by atoms with Crippen LogP contribution in [-0.2, 0) is 6.42 Å². The number of rotatable bonds is 4. The predicted octanol–water partition coefficient (Wildman–Crippen LogP) is 2.84. The van der Waals surface area contributed by atoms with Gasteiger partial charge >= 0.3 is 0 Å². The van der Waals surface area contributed by atoms with E-state index in [1.165, 1.54) is 0 Å². The molecule has 1 aromatic carbocycles. The van der Waals surface area contributed by atoms with E-state index in [9.17, 15) is 10.1 Å². The first-order valence-electron chi connectivity index (χ1n) is 6.89. The molecule has 0 bridgehead atoms. The normalized spacial score (nSPS) is 23.1. The number of benzene rings is 1. The molecule has 5 heteroatoms. The molecule has 0 spiro atoms. The first-order chi connectivity index (χ1) is 9.10. The fourth-order valence-corrected chi connectivity index (χ4v) is 2.72. The molecule has 1 fully saturated rings. The molecule has 0 heterocycles. The Kier molecular flexibility index (Phi) is 4.37. The Morgan fingerprint density at radius 3 is 2.89 bits per heavy atom. The van der Waals surface area contributed by atoms with E-state index < -0.39 is 0 Å². The summed E-state index contributed by atoms with van der Waals surface area (Å²) < 4.78 is 0. The summed E-state index contributed by atoms with van der Waals surface area (Å²) in [5.41, 5.74) is 7.75. The summed E-state index contributed by atoms with van der Waals surface area (Å²) in [6.07, 6.45) is 4.88. The molecule has 0 radical (unpaired) electrons. The van der Waals surface area contributed by atoms with Gasteiger partial charge in [0.1, 0.15) is 0 Å². The molecular formula is C14H21N3O2. The lowest BCUT2D eigenvalue weighted by atomic mass is 9.91. The Bertz CT molecular complexity index is 462. The first-order valence-corrected chi connectivity index (χ1v) is 6.89. The van der Waals surface area contributed by atoms with Crippen molar-refractivity contribution in [3.8, 4) is 0 Å². The van der Waals surface area contributed by atoms with E-state index in [4.69, 9.17) is 5.73 Å². The van der Waals surface area contributed by atoms with Gasteiger partial charge in [-0.25, -0.2) is 0 Å².